The van der Waals surface area contributed by atoms with Crippen molar-refractivity contribution in [1.82, 2.24) is 20.0 Å². The minimum Gasteiger partial charge on any atom is -0.389 e. The maximum Gasteiger partial charge on any atom is 0.317 e. The Kier molecular flexibility index (Phi) is 5.37. The summed E-state index contributed by atoms with van der Waals surface area (Å²) in [4.78, 5) is 14.5. The molecule has 1 aliphatic heterocycles. The number of aromatic nitrogens is 2. The molecule has 1 aromatic heterocycles. The molecule has 3 rings (SSSR count). The van der Waals surface area contributed by atoms with Crippen LogP contribution >= 0.6 is 0 Å². The lowest BCUT2D eigenvalue weighted by atomic mass is 9.71. The van der Waals surface area contributed by atoms with Gasteiger partial charge in [-0.3, -0.25) is 4.68 Å². The van der Waals surface area contributed by atoms with Gasteiger partial charge < -0.3 is 15.3 Å². The summed E-state index contributed by atoms with van der Waals surface area (Å²) in [6, 6.07) is -0.0133. The van der Waals surface area contributed by atoms with Crippen LogP contribution in [-0.4, -0.2) is 44.5 Å². The molecular weight excluding hydrogens is 316 g/mol. The molecule has 140 valence electrons. The number of carbonyl (C=O) groups is 1. The second kappa shape index (κ2) is 7.36. The summed E-state index contributed by atoms with van der Waals surface area (Å²) in [7, 11) is 1.97. The molecule has 1 aliphatic carbocycles. The van der Waals surface area contributed by atoms with Crippen molar-refractivity contribution < 1.29 is 9.90 Å². The molecule has 1 saturated heterocycles. The number of hydrogen-bond donors (Lipinski definition) is 2. The number of nitrogens with one attached hydrogen (secondary N) is 1. The first-order chi connectivity index (χ1) is 12.0. The zero-order valence-corrected chi connectivity index (χ0v) is 15.8. The van der Waals surface area contributed by atoms with Crippen LogP contribution in [0.1, 0.15) is 62.9 Å². The molecule has 0 bridgehead atoms. The van der Waals surface area contributed by atoms with E-state index in [9.17, 15) is 9.90 Å². The molecule has 2 unspecified atom stereocenters. The number of fused-ring (bicyclic) bond motifs is 1. The van der Waals surface area contributed by atoms with E-state index >= 15 is 0 Å². The molecule has 2 amide bonds. The first-order valence-corrected chi connectivity index (χ1v) is 9.77. The number of amides is 2. The molecule has 2 fully saturated rings. The molecule has 6 nitrogen and oxygen atoms in total. The molecule has 2 atom stereocenters. The largest absolute Gasteiger partial charge is 0.389 e. The highest BCUT2D eigenvalue weighted by Crippen LogP contribution is 2.39. The minimum absolute atomic E-state index is 0.0133. The van der Waals surface area contributed by atoms with E-state index in [2.05, 4.69) is 24.3 Å². The number of rotatable bonds is 4. The van der Waals surface area contributed by atoms with Crippen molar-refractivity contribution in [2.75, 3.05) is 13.1 Å². The maximum atomic E-state index is 12.7. The summed E-state index contributed by atoms with van der Waals surface area (Å²) in [6.45, 7) is 6.08. The van der Waals surface area contributed by atoms with Gasteiger partial charge in [0, 0.05) is 43.9 Å². The fourth-order valence-electron chi connectivity index (χ4n) is 4.63. The zero-order valence-electron chi connectivity index (χ0n) is 15.8. The van der Waals surface area contributed by atoms with Gasteiger partial charge in [-0.1, -0.05) is 26.7 Å². The number of piperidine rings is 1. The third-order valence-corrected chi connectivity index (χ3v) is 6.16. The molecule has 2 aliphatic rings. The summed E-state index contributed by atoms with van der Waals surface area (Å²) in [5, 5.41) is 18.4. The Bertz CT molecular complexity index is 627. The average Bonchev–Trinajstić information content (AvgIpc) is 2.93. The monoisotopic (exact) mass is 348 g/mol. The predicted molar refractivity (Wildman–Crippen MR) is 97.3 cm³/mol. The number of hydrogen-bond acceptors (Lipinski definition) is 3. The summed E-state index contributed by atoms with van der Waals surface area (Å²) >= 11 is 0. The Morgan fingerprint density at radius 1 is 1.32 bits per heavy atom. The van der Waals surface area contributed by atoms with Gasteiger partial charge in [0.05, 0.1) is 11.3 Å². The fourth-order valence-corrected chi connectivity index (χ4v) is 4.63. The summed E-state index contributed by atoms with van der Waals surface area (Å²) < 4.78 is 1.93. The van der Waals surface area contributed by atoms with E-state index in [4.69, 9.17) is 0 Å². The van der Waals surface area contributed by atoms with Crippen LogP contribution in [-0.2, 0) is 26.4 Å². The summed E-state index contributed by atoms with van der Waals surface area (Å²) in [6.07, 6.45) is 6.69. The van der Waals surface area contributed by atoms with Gasteiger partial charge in [-0.15, -0.1) is 0 Å². The van der Waals surface area contributed by atoms with Crippen LogP contribution in [0.5, 0.6) is 0 Å². The van der Waals surface area contributed by atoms with Crippen LogP contribution in [0.4, 0.5) is 4.79 Å². The van der Waals surface area contributed by atoms with Crippen molar-refractivity contribution in [3.63, 3.8) is 0 Å². The highest BCUT2D eigenvalue weighted by atomic mass is 16.3. The maximum absolute atomic E-state index is 12.7. The minimum atomic E-state index is -0.539. The number of likely N-dealkylation sites (tertiary alicyclic amines) is 1. The summed E-state index contributed by atoms with van der Waals surface area (Å²) in [5.74, 6) is 0.233. The van der Waals surface area contributed by atoms with Crippen LogP contribution in [0.3, 0.4) is 0 Å². The smallest absolute Gasteiger partial charge is 0.317 e. The third kappa shape index (κ3) is 3.54. The van der Waals surface area contributed by atoms with Gasteiger partial charge in [-0.05, 0) is 32.1 Å². The number of nitrogens with zero attached hydrogens (tertiary/aromatic N) is 3. The van der Waals surface area contributed by atoms with Gasteiger partial charge in [-0.2, -0.15) is 5.10 Å². The molecule has 2 N–H and O–H groups in total. The van der Waals surface area contributed by atoms with E-state index < -0.39 is 5.60 Å². The lowest BCUT2D eigenvalue weighted by molar-refractivity contribution is -0.0870. The van der Waals surface area contributed by atoms with Crippen molar-refractivity contribution in [2.24, 2.45) is 13.0 Å². The number of urea groups is 1. The molecule has 0 spiro atoms. The molecule has 2 heterocycles. The van der Waals surface area contributed by atoms with Crippen LogP contribution in [0, 0.1) is 5.92 Å². The first kappa shape index (κ1) is 18.2. The van der Waals surface area contributed by atoms with Crippen LogP contribution < -0.4 is 5.32 Å². The Hall–Kier alpha value is -1.56. The number of aryl methyl sites for hydroxylation is 2. The first-order valence-electron chi connectivity index (χ1n) is 9.77. The second-order valence-electron chi connectivity index (χ2n) is 7.60. The molecule has 25 heavy (non-hydrogen) atoms. The molecule has 1 saturated carbocycles. The van der Waals surface area contributed by atoms with E-state index in [0.29, 0.717) is 26.1 Å². The second-order valence-corrected chi connectivity index (χ2v) is 7.60. The summed E-state index contributed by atoms with van der Waals surface area (Å²) in [5.41, 5.74) is 2.88. The zero-order chi connectivity index (χ0) is 18.0. The van der Waals surface area contributed by atoms with Crippen molar-refractivity contribution in [1.29, 1.82) is 0 Å². The van der Waals surface area contributed by atoms with Crippen LogP contribution in [0.15, 0.2) is 0 Å². The van der Waals surface area contributed by atoms with Crippen LogP contribution in [0.25, 0.3) is 0 Å². The van der Waals surface area contributed by atoms with Crippen molar-refractivity contribution in [3.05, 3.63) is 17.0 Å². The van der Waals surface area contributed by atoms with Gasteiger partial charge in [0.25, 0.3) is 0 Å². The van der Waals surface area contributed by atoms with E-state index in [1.54, 1.807) is 0 Å². The quantitative estimate of drug-likeness (QED) is 0.878. The van der Waals surface area contributed by atoms with E-state index in [-0.39, 0.29) is 11.9 Å². The van der Waals surface area contributed by atoms with Gasteiger partial charge in [-0.25, -0.2) is 4.79 Å². The molecule has 6 heteroatoms. The average molecular weight is 348 g/mol. The molecule has 0 aromatic carbocycles. The third-order valence-electron chi connectivity index (χ3n) is 6.16. The van der Waals surface area contributed by atoms with Crippen molar-refractivity contribution >= 4 is 6.03 Å². The highest BCUT2D eigenvalue weighted by Gasteiger charge is 2.43. The lowest BCUT2D eigenvalue weighted by Crippen LogP contribution is -2.56. The SMILES string of the molecule is CCc1nn(C)c(CC)c1CNC(=O)N1CCC2(O)CCCCC2C1. The van der Waals surface area contributed by atoms with E-state index in [1.807, 2.05) is 16.6 Å². The lowest BCUT2D eigenvalue weighted by Gasteiger charge is -2.47. The highest BCUT2D eigenvalue weighted by molar-refractivity contribution is 5.74. The van der Waals surface area contributed by atoms with E-state index in [0.717, 1.165) is 49.8 Å². The number of carbonyl (C=O) groups excluding carboxylic acids is 1. The standard InChI is InChI=1S/C19H32N4O2/c1-4-16-15(17(5-2)22(3)21-16)12-20-18(24)23-11-10-19(25)9-7-6-8-14(19)13-23/h14,25H,4-13H2,1-3H3,(H,20,24). The van der Waals surface area contributed by atoms with Gasteiger partial charge in [0.15, 0.2) is 0 Å². The van der Waals surface area contributed by atoms with E-state index in [1.165, 1.54) is 5.69 Å². The Labute approximate surface area is 150 Å². The molecule has 1 aromatic rings. The van der Waals surface area contributed by atoms with Crippen molar-refractivity contribution in [2.45, 2.75) is 70.9 Å². The topological polar surface area (TPSA) is 70.4 Å². The molecule has 0 radical (unpaired) electrons. The normalized spacial score (nSPS) is 26.4. The Morgan fingerprint density at radius 2 is 2.12 bits per heavy atom. The number of aliphatic hydroxyl groups is 1. The Morgan fingerprint density at radius 3 is 2.84 bits per heavy atom. The Balaban J connectivity index is 1.62. The fraction of sp³-hybridized carbons (Fsp3) is 0.789. The molecular formula is C19H32N4O2. The predicted octanol–water partition coefficient (Wildman–Crippen LogP) is 2.38. The van der Waals surface area contributed by atoms with Gasteiger partial charge in [0.2, 0.25) is 0 Å². The van der Waals surface area contributed by atoms with Gasteiger partial charge in [0.1, 0.15) is 0 Å². The van der Waals surface area contributed by atoms with Crippen molar-refractivity contribution in [3.8, 4) is 0 Å². The van der Waals surface area contributed by atoms with Crippen LogP contribution in [0.2, 0.25) is 0 Å². The van der Waals surface area contributed by atoms with Gasteiger partial charge >= 0.3 is 6.03 Å².